The summed E-state index contributed by atoms with van der Waals surface area (Å²) in [6.45, 7) is 0. The number of oxazole rings is 1. The highest BCUT2D eigenvalue weighted by atomic mass is 79.9. The third-order valence-electron chi connectivity index (χ3n) is 2.48. The fourth-order valence-corrected chi connectivity index (χ4v) is 2.12. The van der Waals surface area contributed by atoms with E-state index in [0.29, 0.717) is 17.0 Å². The first-order valence-electron chi connectivity index (χ1n) is 5.08. The van der Waals surface area contributed by atoms with Crippen LogP contribution in [0.2, 0.25) is 0 Å². The van der Waals surface area contributed by atoms with Gasteiger partial charge in [0.2, 0.25) is 5.89 Å². The molecule has 0 radical (unpaired) electrons. The van der Waals surface area contributed by atoms with Gasteiger partial charge in [-0.25, -0.2) is 4.98 Å². The van der Waals surface area contributed by atoms with Gasteiger partial charge in [-0.2, -0.15) is 0 Å². The van der Waals surface area contributed by atoms with Gasteiger partial charge in [0.1, 0.15) is 11.3 Å². The highest BCUT2D eigenvalue weighted by Crippen LogP contribution is 2.30. The van der Waals surface area contributed by atoms with E-state index in [0.717, 1.165) is 10.0 Å². The third-order valence-corrected chi connectivity index (χ3v) is 3.17. The number of halogens is 1. The van der Waals surface area contributed by atoms with E-state index in [4.69, 9.17) is 4.42 Å². The summed E-state index contributed by atoms with van der Waals surface area (Å²) in [4.78, 5) is 4.35. The van der Waals surface area contributed by atoms with Gasteiger partial charge in [-0.15, -0.1) is 0 Å². The number of aromatic nitrogens is 1. The van der Waals surface area contributed by atoms with E-state index >= 15 is 0 Å². The molecule has 1 heterocycles. The summed E-state index contributed by atoms with van der Waals surface area (Å²) in [5, 5.41) is 9.37. The van der Waals surface area contributed by atoms with Gasteiger partial charge in [-0.1, -0.05) is 12.1 Å². The lowest BCUT2D eigenvalue weighted by molar-refractivity contribution is 0.476. The van der Waals surface area contributed by atoms with E-state index in [9.17, 15) is 5.11 Å². The Balaban J connectivity index is 2.22. The lowest BCUT2D eigenvalue weighted by Gasteiger charge is -1.97. The molecule has 0 saturated heterocycles. The lowest BCUT2D eigenvalue weighted by Crippen LogP contribution is -1.78. The molecule has 0 atom stereocenters. The highest BCUT2D eigenvalue weighted by Gasteiger charge is 2.10. The molecule has 1 aromatic heterocycles. The van der Waals surface area contributed by atoms with E-state index < -0.39 is 0 Å². The highest BCUT2D eigenvalue weighted by molar-refractivity contribution is 9.10. The maximum Gasteiger partial charge on any atom is 0.228 e. The quantitative estimate of drug-likeness (QED) is 0.737. The number of hydrogen-bond acceptors (Lipinski definition) is 3. The Morgan fingerprint density at radius 2 is 1.94 bits per heavy atom. The minimum absolute atomic E-state index is 0.185. The molecule has 3 rings (SSSR count). The summed E-state index contributed by atoms with van der Waals surface area (Å²) in [5.74, 6) is 0.725. The Morgan fingerprint density at radius 3 is 2.76 bits per heavy atom. The Labute approximate surface area is 106 Å². The van der Waals surface area contributed by atoms with Gasteiger partial charge in [-0.05, 0) is 40.2 Å². The van der Waals surface area contributed by atoms with Crippen molar-refractivity contribution in [3.05, 3.63) is 46.9 Å². The second-order valence-electron chi connectivity index (χ2n) is 3.65. The Bertz CT molecular complexity index is 691. The van der Waals surface area contributed by atoms with Gasteiger partial charge in [0.15, 0.2) is 5.58 Å². The van der Waals surface area contributed by atoms with Gasteiger partial charge in [0.05, 0.1) is 5.56 Å². The molecule has 0 bridgehead atoms. The molecule has 3 nitrogen and oxygen atoms in total. The van der Waals surface area contributed by atoms with Gasteiger partial charge >= 0.3 is 0 Å². The van der Waals surface area contributed by atoms with Crippen LogP contribution >= 0.6 is 15.9 Å². The summed E-state index contributed by atoms with van der Waals surface area (Å²) in [6, 6.07) is 12.6. The summed E-state index contributed by atoms with van der Waals surface area (Å²) in [6.07, 6.45) is 0. The molecule has 1 N–H and O–H groups in total. The fraction of sp³-hybridized carbons (Fsp3) is 0. The molecule has 2 aromatic carbocycles. The van der Waals surface area contributed by atoms with E-state index in [-0.39, 0.29) is 5.75 Å². The number of phenolic OH excluding ortho intramolecular Hbond substituents is 1. The van der Waals surface area contributed by atoms with Crippen molar-refractivity contribution in [1.82, 2.24) is 4.98 Å². The van der Waals surface area contributed by atoms with Crippen molar-refractivity contribution in [3.63, 3.8) is 0 Å². The zero-order valence-corrected chi connectivity index (χ0v) is 10.3. The average Bonchev–Trinajstić information content (AvgIpc) is 2.72. The maximum atomic E-state index is 9.37. The second-order valence-corrected chi connectivity index (χ2v) is 4.51. The van der Waals surface area contributed by atoms with Crippen LogP contribution in [0.25, 0.3) is 22.6 Å². The maximum absolute atomic E-state index is 9.37. The lowest BCUT2D eigenvalue weighted by atomic mass is 10.2. The van der Waals surface area contributed by atoms with Crippen LogP contribution < -0.4 is 0 Å². The molecular formula is C13H8BrNO2. The van der Waals surface area contributed by atoms with Crippen LogP contribution in [0.4, 0.5) is 0 Å². The molecule has 0 aliphatic carbocycles. The summed E-state index contributed by atoms with van der Waals surface area (Å²) in [7, 11) is 0. The second kappa shape index (κ2) is 3.89. The van der Waals surface area contributed by atoms with Crippen molar-refractivity contribution in [2.24, 2.45) is 0 Å². The molecular weight excluding hydrogens is 282 g/mol. The van der Waals surface area contributed by atoms with E-state index in [1.54, 1.807) is 18.2 Å². The van der Waals surface area contributed by atoms with Crippen molar-refractivity contribution in [3.8, 4) is 17.2 Å². The Morgan fingerprint density at radius 1 is 1.12 bits per heavy atom. The zero-order chi connectivity index (χ0) is 11.8. The minimum atomic E-state index is 0.185. The number of hydrogen-bond donors (Lipinski definition) is 1. The molecule has 17 heavy (non-hydrogen) atoms. The van der Waals surface area contributed by atoms with Crippen LogP contribution in [0.3, 0.4) is 0 Å². The van der Waals surface area contributed by atoms with Crippen LogP contribution in [0.15, 0.2) is 51.4 Å². The molecule has 0 aliphatic rings. The number of rotatable bonds is 1. The molecule has 84 valence electrons. The number of phenols is 1. The predicted octanol–water partition coefficient (Wildman–Crippen LogP) is 3.96. The summed E-state index contributed by atoms with van der Waals surface area (Å²) >= 11 is 3.46. The van der Waals surface area contributed by atoms with Gasteiger partial charge in [-0.3, -0.25) is 0 Å². The van der Waals surface area contributed by atoms with E-state index in [2.05, 4.69) is 20.9 Å². The molecule has 0 saturated carbocycles. The number of aromatic hydroxyl groups is 1. The first kappa shape index (κ1) is 10.4. The average molecular weight is 290 g/mol. The van der Waals surface area contributed by atoms with Crippen molar-refractivity contribution in [1.29, 1.82) is 0 Å². The van der Waals surface area contributed by atoms with Crippen LogP contribution in [0.5, 0.6) is 5.75 Å². The summed E-state index contributed by atoms with van der Waals surface area (Å²) < 4.78 is 6.56. The standard InChI is InChI=1S/C13H8BrNO2/c14-10-4-2-1-3-9(10)13-15-11-7-8(16)5-6-12(11)17-13/h1-7,16H. The Kier molecular flexibility index (Phi) is 2.37. The first-order valence-corrected chi connectivity index (χ1v) is 5.88. The molecule has 4 heteroatoms. The molecule has 0 unspecified atom stereocenters. The van der Waals surface area contributed by atoms with Gasteiger partial charge in [0, 0.05) is 10.5 Å². The van der Waals surface area contributed by atoms with Crippen LogP contribution in [0.1, 0.15) is 0 Å². The number of nitrogens with zero attached hydrogens (tertiary/aromatic N) is 1. The third kappa shape index (κ3) is 1.80. The predicted molar refractivity (Wildman–Crippen MR) is 68.8 cm³/mol. The molecule has 3 aromatic rings. The van der Waals surface area contributed by atoms with E-state index in [1.165, 1.54) is 0 Å². The SMILES string of the molecule is Oc1ccc2oc(-c3ccccc3Br)nc2c1. The zero-order valence-electron chi connectivity index (χ0n) is 8.72. The van der Waals surface area contributed by atoms with Crippen LogP contribution in [0, 0.1) is 0 Å². The monoisotopic (exact) mass is 289 g/mol. The first-order chi connectivity index (χ1) is 8.24. The normalized spacial score (nSPS) is 10.9. The van der Waals surface area contributed by atoms with Crippen LogP contribution in [-0.4, -0.2) is 10.1 Å². The number of fused-ring (bicyclic) bond motifs is 1. The minimum Gasteiger partial charge on any atom is -0.508 e. The summed E-state index contributed by atoms with van der Waals surface area (Å²) in [5.41, 5.74) is 2.20. The molecule has 0 aliphatic heterocycles. The van der Waals surface area contributed by atoms with Crippen molar-refractivity contribution in [2.45, 2.75) is 0 Å². The number of benzene rings is 2. The topological polar surface area (TPSA) is 46.3 Å². The van der Waals surface area contributed by atoms with Gasteiger partial charge < -0.3 is 9.52 Å². The fourth-order valence-electron chi connectivity index (χ4n) is 1.67. The van der Waals surface area contributed by atoms with E-state index in [1.807, 2.05) is 24.3 Å². The van der Waals surface area contributed by atoms with Crippen LogP contribution in [-0.2, 0) is 0 Å². The van der Waals surface area contributed by atoms with Crippen molar-refractivity contribution >= 4 is 27.0 Å². The molecule has 0 fully saturated rings. The Hall–Kier alpha value is -1.81. The van der Waals surface area contributed by atoms with Gasteiger partial charge in [0.25, 0.3) is 0 Å². The largest absolute Gasteiger partial charge is 0.508 e. The molecule has 0 amide bonds. The smallest absolute Gasteiger partial charge is 0.228 e. The van der Waals surface area contributed by atoms with Crippen molar-refractivity contribution < 1.29 is 9.52 Å². The van der Waals surface area contributed by atoms with Crippen molar-refractivity contribution in [2.75, 3.05) is 0 Å². The molecule has 0 spiro atoms.